The normalized spacial score (nSPS) is 12.2. The maximum Gasteiger partial charge on any atom is 0.445 e. The Kier molecular flexibility index (Phi) is 5.65. The van der Waals surface area contributed by atoms with Gasteiger partial charge in [0.2, 0.25) is 10.1 Å². The summed E-state index contributed by atoms with van der Waals surface area (Å²) in [6.45, 7) is 4.45. The van der Waals surface area contributed by atoms with E-state index in [1.54, 1.807) is 4.90 Å². The number of nitrogens with zero attached hydrogens (tertiary/aromatic N) is 3. The zero-order valence-corrected chi connectivity index (χ0v) is 11.7. The smallest absolute Gasteiger partial charge is 0.342 e. The molecule has 1 aromatic rings. The summed E-state index contributed by atoms with van der Waals surface area (Å²) in [6, 6.07) is 0.137. The van der Waals surface area contributed by atoms with Crippen LogP contribution in [0.15, 0.2) is 0 Å². The molecular formula is C10H15ClF3N3S. The molecule has 104 valence electrons. The highest BCUT2D eigenvalue weighted by atomic mass is 35.5. The fraction of sp³-hybridized carbons (Fsp3) is 0.800. The van der Waals surface area contributed by atoms with Crippen LogP contribution in [0, 0.1) is 0 Å². The summed E-state index contributed by atoms with van der Waals surface area (Å²) in [7, 11) is 0. The van der Waals surface area contributed by atoms with Crippen molar-refractivity contribution in [3.8, 4) is 0 Å². The minimum atomic E-state index is -4.43. The lowest BCUT2D eigenvalue weighted by Crippen LogP contribution is -2.36. The number of rotatable bonds is 6. The van der Waals surface area contributed by atoms with Crippen LogP contribution in [-0.4, -0.2) is 28.7 Å². The average molecular weight is 302 g/mol. The minimum Gasteiger partial charge on any atom is -0.342 e. The van der Waals surface area contributed by atoms with Gasteiger partial charge in [0.05, 0.1) is 0 Å². The van der Waals surface area contributed by atoms with Gasteiger partial charge in [-0.25, -0.2) is 0 Å². The second-order valence-corrected chi connectivity index (χ2v) is 5.07. The van der Waals surface area contributed by atoms with Gasteiger partial charge >= 0.3 is 6.18 Å². The third-order valence-corrected chi connectivity index (χ3v) is 3.79. The van der Waals surface area contributed by atoms with Crippen molar-refractivity contribution in [2.75, 3.05) is 17.3 Å². The van der Waals surface area contributed by atoms with Crippen LogP contribution in [0.3, 0.4) is 0 Å². The van der Waals surface area contributed by atoms with Gasteiger partial charge in [-0.05, 0) is 12.8 Å². The molecule has 0 saturated heterocycles. The summed E-state index contributed by atoms with van der Waals surface area (Å²) in [5.41, 5.74) is 0. The molecule has 1 heterocycles. The van der Waals surface area contributed by atoms with E-state index in [2.05, 4.69) is 10.2 Å². The molecule has 3 nitrogen and oxygen atoms in total. The van der Waals surface area contributed by atoms with E-state index in [0.29, 0.717) is 23.8 Å². The van der Waals surface area contributed by atoms with Gasteiger partial charge < -0.3 is 4.90 Å². The van der Waals surface area contributed by atoms with Crippen LogP contribution in [0.2, 0.25) is 0 Å². The van der Waals surface area contributed by atoms with E-state index in [4.69, 9.17) is 11.6 Å². The lowest BCUT2D eigenvalue weighted by atomic mass is 10.1. The fourth-order valence-electron chi connectivity index (χ4n) is 1.70. The lowest BCUT2D eigenvalue weighted by molar-refractivity contribution is -0.138. The highest BCUT2D eigenvalue weighted by Crippen LogP contribution is 2.35. The zero-order chi connectivity index (χ0) is 13.8. The number of hydrogen-bond donors (Lipinski definition) is 0. The Balaban J connectivity index is 2.95. The Hall–Kier alpha value is -0.560. The van der Waals surface area contributed by atoms with Crippen molar-refractivity contribution in [1.29, 1.82) is 0 Å². The maximum absolute atomic E-state index is 12.5. The molecule has 0 saturated carbocycles. The van der Waals surface area contributed by atoms with Gasteiger partial charge in [0.1, 0.15) is 0 Å². The van der Waals surface area contributed by atoms with E-state index in [0.717, 1.165) is 12.8 Å². The summed E-state index contributed by atoms with van der Waals surface area (Å²) in [5.74, 6) is 0.345. The third-order valence-electron chi connectivity index (χ3n) is 2.61. The third kappa shape index (κ3) is 3.71. The van der Waals surface area contributed by atoms with Gasteiger partial charge in [0, 0.05) is 18.5 Å². The topological polar surface area (TPSA) is 29.0 Å². The van der Waals surface area contributed by atoms with E-state index >= 15 is 0 Å². The number of alkyl halides is 4. The molecule has 0 aliphatic heterocycles. The SMILES string of the molecule is CCC(CC)N(CCCl)c1nnc(C(F)(F)F)s1. The molecule has 0 radical (unpaired) electrons. The molecule has 0 N–H and O–H groups in total. The first-order chi connectivity index (χ1) is 8.43. The molecule has 0 aliphatic rings. The molecule has 0 bridgehead atoms. The van der Waals surface area contributed by atoms with Crippen LogP contribution in [0.25, 0.3) is 0 Å². The Morgan fingerprint density at radius 1 is 1.28 bits per heavy atom. The van der Waals surface area contributed by atoms with Crippen molar-refractivity contribution in [2.24, 2.45) is 0 Å². The molecule has 0 unspecified atom stereocenters. The van der Waals surface area contributed by atoms with Gasteiger partial charge in [-0.2, -0.15) is 13.2 Å². The van der Waals surface area contributed by atoms with Crippen molar-refractivity contribution < 1.29 is 13.2 Å². The molecule has 1 aromatic heterocycles. The van der Waals surface area contributed by atoms with Crippen LogP contribution in [0.5, 0.6) is 0 Å². The Morgan fingerprint density at radius 2 is 1.89 bits per heavy atom. The zero-order valence-electron chi connectivity index (χ0n) is 10.2. The Bertz CT molecular complexity index is 365. The van der Waals surface area contributed by atoms with Crippen LogP contribution in [-0.2, 0) is 6.18 Å². The molecule has 0 aromatic carbocycles. The van der Waals surface area contributed by atoms with Crippen molar-refractivity contribution in [3.63, 3.8) is 0 Å². The van der Waals surface area contributed by atoms with Gasteiger partial charge in [0.15, 0.2) is 0 Å². The van der Waals surface area contributed by atoms with E-state index in [1.165, 1.54) is 0 Å². The minimum absolute atomic E-state index is 0.137. The van der Waals surface area contributed by atoms with E-state index < -0.39 is 11.2 Å². The van der Waals surface area contributed by atoms with Gasteiger partial charge in [-0.15, -0.1) is 21.8 Å². The van der Waals surface area contributed by atoms with Crippen LogP contribution in [0.4, 0.5) is 18.3 Å². The van der Waals surface area contributed by atoms with Gasteiger partial charge in [-0.1, -0.05) is 25.2 Å². The van der Waals surface area contributed by atoms with Crippen molar-refractivity contribution >= 4 is 28.1 Å². The summed E-state index contributed by atoms with van der Waals surface area (Å²) in [6.07, 6.45) is -2.78. The molecule has 0 aliphatic carbocycles. The fourth-order valence-corrected chi connectivity index (χ4v) is 2.69. The monoisotopic (exact) mass is 301 g/mol. The highest BCUT2D eigenvalue weighted by Gasteiger charge is 2.36. The Morgan fingerprint density at radius 3 is 2.28 bits per heavy atom. The summed E-state index contributed by atoms with van der Waals surface area (Å²) in [4.78, 5) is 1.81. The summed E-state index contributed by atoms with van der Waals surface area (Å²) in [5, 5.41) is 6.21. The summed E-state index contributed by atoms with van der Waals surface area (Å²) >= 11 is 6.26. The highest BCUT2D eigenvalue weighted by molar-refractivity contribution is 7.15. The van der Waals surface area contributed by atoms with Crippen molar-refractivity contribution in [3.05, 3.63) is 5.01 Å². The molecule has 18 heavy (non-hydrogen) atoms. The quantitative estimate of drug-likeness (QED) is 0.749. The van der Waals surface area contributed by atoms with E-state index in [9.17, 15) is 13.2 Å². The molecule has 0 atom stereocenters. The maximum atomic E-state index is 12.5. The van der Waals surface area contributed by atoms with E-state index in [-0.39, 0.29) is 11.2 Å². The van der Waals surface area contributed by atoms with Crippen LogP contribution >= 0.6 is 22.9 Å². The van der Waals surface area contributed by atoms with Crippen molar-refractivity contribution in [1.82, 2.24) is 10.2 Å². The summed E-state index contributed by atoms with van der Waals surface area (Å²) < 4.78 is 37.4. The molecule has 0 amide bonds. The standard InChI is InChI=1S/C10H15ClF3N3S/c1-3-7(4-2)17(6-5-11)9-16-15-8(18-9)10(12,13)14/h7H,3-6H2,1-2H3. The van der Waals surface area contributed by atoms with Crippen LogP contribution in [0.1, 0.15) is 31.7 Å². The first-order valence-corrected chi connectivity index (χ1v) is 7.02. The number of hydrogen-bond acceptors (Lipinski definition) is 4. The number of anilines is 1. The van der Waals surface area contributed by atoms with Crippen LogP contribution < -0.4 is 4.90 Å². The van der Waals surface area contributed by atoms with Crippen molar-refractivity contribution in [2.45, 2.75) is 38.9 Å². The lowest BCUT2D eigenvalue weighted by Gasteiger charge is -2.28. The number of halogens is 4. The largest absolute Gasteiger partial charge is 0.445 e. The van der Waals surface area contributed by atoms with Gasteiger partial charge in [-0.3, -0.25) is 0 Å². The second kappa shape index (κ2) is 6.56. The van der Waals surface area contributed by atoms with Gasteiger partial charge in [0.25, 0.3) is 0 Å². The second-order valence-electron chi connectivity index (χ2n) is 3.74. The first-order valence-electron chi connectivity index (χ1n) is 5.67. The molecule has 8 heteroatoms. The Labute approximate surface area is 113 Å². The first kappa shape index (κ1) is 15.5. The van der Waals surface area contributed by atoms with E-state index in [1.807, 2.05) is 13.8 Å². The molecule has 1 rings (SSSR count). The predicted molar refractivity (Wildman–Crippen MR) is 67.3 cm³/mol. The molecular weight excluding hydrogens is 287 g/mol. The molecule has 0 spiro atoms. The molecule has 0 fully saturated rings. The predicted octanol–water partition coefficient (Wildman–Crippen LogP) is 3.79. The number of aromatic nitrogens is 2. The average Bonchev–Trinajstić information content (AvgIpc) is 2.78.